The molecule has 0 aromatic carbocycles. The minimum Gasteiger partial charge on any atom is -0.506 e. The Labute approximate surface area is 244 Å². The summed E-state index contributed by atoms with van der Waals surface area (Å²) < 4.78 is 0. The Hall–Kier alpha value is -4.36. The zero-order valence-electron chi connectivity index (χ0n) is 23.5. The van der Waals surface area contributed by atoms with Crippen molar-refractivity contribution in [2.24, 2.45) is 0 Å². The van der Waals surface area contributed by atoms with E-state index < -0.39 is 34.4 Å². The summed E-state index contributed by atoms with van der Waals surface area (Å²) in [6, 6.07) is 9.11. The van der Waals surface area contributed by atoms with Gasteiger partial charge in [-0.3, -0.25) is 9.59 Å². The minimum absolute atomic E-state index is 0.213. The number of carbonyl (C=O) groups is 2. The Kier molecular flexibility index (Phi) is 9.79. The second-order valence-electron chi connectivity index (χ2n) is 9.33. The fraction of sp³-hybridized carbons (Fsp3) is 0.286. The molecule has 4 heterocycles. The van der Waals surface area contributed by atoms with Crippen molar-refractivity contribution in [1.29, 1.82) is 0 Å². The van der Waals surface area contributed by atoms with Crippen LogP contribution in [0.15, 0.2) is 39.9 Å². The molecule has 5 N–H and O–H groups in total. The number of rotatable bonds is 8. The number of nitrogens with one attached hydrogen (secondary N) is 2. The van der Waals surface area contributed by atoms with Gasteiger partial charge in [-0.25, -0.2) is 9.59 Å². The molecule has 0 spiro atoms. The second kappa shape index (κ2) is 12.9. The highest BCUT2D eigenvalue weighted by atomic mass is 32.1. The van der Waals surface area contributed by atoms with E-state index in [0.29, 0.717) is 29.8 Å². The number of carboxylic acid groups (broad SMARTS) is 2. The number of pyridine rings is 2. The summed E-state index contributed by atoms with van der Waals surface area (Å²) >= 11 is 3.01. The summed E-state index contributed by atoms with van der Waals surface area (Å²) in [6.45, 7) is 3.73. The number of aromatic nitrogens is 2. The highest BCUT2D eigenvalue weighted by molar-refractivity contribution is 7.19. The fourth-order valence-corrected chi connectivity index (χ4v) is 5.94. The SMILES string of the molecule is CCc1c(-c2ccc(N(C)C)s2)[nH]c(=O)c(C(=O)O)c1O.CCc1cc(C(=O)O)c(=O)[nH]c1-c1ccc(N(C)C)s1. The second-order valence-corrected chi connectivity index (χ2v) is 11.5. The van der Waals surface area contributed by atoms with E-state index in [-0.39, 0.29) is 5.56 Å². The van der Waals surface area contributed by atoms with E-state index >= 15 is 0 Å². The average molecular weight is 601 g/mol. The smallest absolute Gasteiger partial charge is 0.345 e. The van der Waals surface area contributed by atoms with Crippen molar-refractivity contribution < 1.29 is 24.9 Å². The molecule has 0 fully saturated rings. The maximum atomic E-state index is 11.9. The van der Waals surface area contributed by atoms with E-state index in [1.807, 2.05) is 69.2 Å². The molecule has 218 valence electrons. The molecule has 41 heavy (non-hydrogen) atoms. The average Bonchev–Trinajstić information content (AvgIpc) is 3.59. The summed E-state index contributed by atoms with van der Waals surface area (Å²) in [7, 11) is 7.72. The molecule has 0 atom stereocenters. The van der Waals surface area contributed by atoms with Gasteiger partial charge >= 0.3 is 11.9 Å². The van der Waals surface area contributed by atoms with Crippen LogP contribution in [0.3, 0.4) is 0 Å². The van der Waals surface area contributed by atoms with Gasteiger partial charge in [0.1, 0.15) is 11.3 Å². The number of hydrogen-bond donors (Lipinski definition) is 5. The molecule has 0 saturated carbocycles. The van der Waals surface area contributed by atoms with E-state index in [1.165, 1.54) is 17.4 Å². The first kappa shape index (κ1) is 31.2. The molecule has 13 heteroatoms. The largest absolute Gasteiger partial charge is 0.506 e. The van der Waals surface area contributed by atoms with Crippen molar-refractivity contribution in [2.75, 3.05) is 38.0 Å². The quantitative estimate of drug-likeness (QED) is 0.195. The van der Waals surface area contributed by atoms with Crippen molar-refractivity contribution in [3.05, 3.63) is 73.3 Å². The Morgan fingerprint density at radius 2 is 1.29 bits per heavy atom. The lowest BCUT2D eigenvalue weighted by molar-refractivity contribution is 0.0682. The molecule has 0 aliphatic heterocycles. The normalized spacial score (nSPS) is 10.6. The molecule has 0 saturated heterocycles. The number of nitrogens with zero attached hydrogens (tertiary/aromatic N) is 2. The van der Waals surface area contributed by atoms with Gasteiger partial charge in [-0.05, 0) is 48.7 Å². The monoisotopic (exact) mass is 600 g/mol. The summed E-state index contributed by atoms with van der Waals surface area (Å²) in [6.07, 6.45) is 1.06. The van der Waals surface area contributed by atoms with Crippen LogP contribution in [0.4, 0.5) is 10.0 Å². The molecule has 11 nitrogen and oxygen atoms in total. The van der Waals surface area contributed by atoms with Crippen LogP contribution < -0.4 is 20.9 Å². The number of aromatic amines is 2. The van der Waals surface area contributed by atoms with E-state index in [1.54, 1.807) is 18.3 Å². The third kappa shape index (κ3) is 6.69. The molecule has 4 rings (SSSR count). The first-order valence-electron chi connectivity index (χ1n) is 12.6. The van der Waals surface area contributed by atoms with E-state index in [0.717, 1.165) is 25.3 Å². The van der Waals surface area contributed by atoms with Crippen molar-refractivity contribution in [1.82, 2.24) is 9.97 Å². The number of aromatic carboxylic acids is 2. The van der Waals surface area contributed by atoms with E-state index in [4.69, 9.17) is 10.2 Å². The number of thiophene rings is 2. The fourth-order valence-electron chi connectivity index (χ4n) is 4.02. The molecule has 0 amide bonds. The molecule has 0 radical (unpaired) electrons. The first-order valence-corrected chi connectivity index (χ1v) is 14.2. The minimum atomic E-state index is -1.44. The van der Waals surface area contributed by atoms with Gasteiger partial charge in [-0.2, -0.15) is 0 Å². The van der Waals surface area contributed by atoms with Crippen LogP contribution in [-0.2, 0) is 12.8 Å². The van der Waals surface area contributed by atoms with Crippen LogP contribution in [0.5, 0.6) is 5.75 Å². The first-order chi connectivity index (χ1) is 19.3. The number of hydrogen-bond acceptors (Lipinski definition) is 9. The highest BCUT2D eigenvalue weighted by Crippen LogP contribution is 2.36. The molecule has 4 aromatic heterocycles. The van der Waals surface area contributed by atoms with Crippen LogP contribution in [0.1, 0.15) is 45.7 Å². The standard InChI is InChI=1S/C14H16N2O4S.C14H16N2O3S/c1-4-7-11(8-5-6-9(21-8)16(2)3)15-13(18)10(12(7)17)14(19)20;1-4-8-7-9(14(18)19)13(17)15-12(8)10-5-6-11(20-10)16(2)3/h5-6H,4H2,1-3H3,(H,19,20)(H2,15,17,18);5-7H,4H2,1-3H3,(H,15,17)(H,18,19). The molecular formula is C28H32N4O7S2. The van der Waals surface area contributed by atoms with Crippen molar-refractivity contribution in [3.8, 4) is 26.9 Å². The van der Waals surface area contributed by atoms with Crippen molar-refractivity contribution in [3.63, 3.8) is 0 Å². The van der Waals surface area contributed by atoms with Gasteiger partial charge in [-0.15, -0.1) is 22.7 Å². The topological polar surface area (TPSA) is 167 Å². The van der Waals surface area contributed by atoms with Crippen LogP contribution >= 0.6 is 22.7 Å². The number of aromatic hydroxyl groups is 1. The molecule has 0 unspecified atom stereocenters. The Morgan fingerprint density at radius 3 is 1.71 bits per heavy atom. The predicted octanol–water partition coefficient (Wildman–Crippen LogP) is 4.57. The van der Waals surface area contributed by atoms with Crippen LogP contribution in [0, 0.1) is 0 Å². The zero-order chi connectivity index (χ0) is 30.6. The predicted molar refractivity (Wildman–Crippen MR) is 164 cm³/mol. The van der Waals surface area contributed by atoms with Crippen LogP contribution in [0.2, 0.25) is 0 Å². The van der Waals surface area contributed by atoms with Gasteiger partial charge in [0.25, 0.3) is 11.1 Å². The third-order valence-electron chi connectivity index (χ3n) is 6.15. The van der Waals surface area contributed by atoms with E-state index in [2.05, 4.69) is 9.97 Å². The Bertz CT molecular complexity index is 1700. The van der Waals surface area contributed by atoms with Crippen LogP contribution in [0.25, 0.3) is 21.1 Å². The van der Waals surface area contributed by atoms with Gasteiger partial charge < -0.3 is 35.1 Å². The van der Waals surface area contributed by atoms with E-state index in [9.17, 15) is 24.3 Å². The lowest BCUT2D eigenvalue weighted by Gasteiger charge is -2.11. The summed E-state index contributed by atoms with van der Waals surface area (Å²) in [5.74, 6) is -3.09. The Balaban J connectivity index is 0.000000226. The number of H-pyrrole nitrogens is 2. The zero-order valence-corrected chi connectivity index (χ0v) is 25.1. The number of anilines is 2. The highest BCUT2D eigenvalue weighted by Gasteiger charge is 2.22. The van der Waals surface area contributed by atoms with Gasteiger partial charge in [0, 0.05) is 33.8 Å². The lowest BCUT2D eigenvalue weighted by atomic mass is 10.0. The molecule has 0 aliphatic carbocycles. The van der Waals surface area contributed by atoms with Gasteiger partial charge in [-0.1, -0.05) is 13.8 Å². The number of carboxylic acids is 2. The maximum absolute atomic E-state index is 11.9. The van der Waals surface area contributed by atoms with Crippen molar-refractivity contribution in [2.45, 2.75) is 26.7 Å². The van der Waals surface area contributed by atoms with Gasteiger partial charge in [0.05, 0.1) is 31.1 Å². The Morgan fingerprint density at radius 1 is 0.780 bits per heavy atom. The molecule has 4 aromatic rings. The summed E-state index contributed by atoms with van der Waals surface area (Å²) in [5, 5.41) is 30.2. The lowest BCUT2D eigenvalue weighted by Crippen LogP contribution is -2.19. The molecular weight excluding hydrogens is 568 g/mol. The third-order valence-corrected chi connectivity index (χ3v) is 8.69. The van der Waals surface area contributed by atoms with Crippen molar-refractivity contribution >= 4 is 44.6 Å². The molecule has 0 bridgehead atoms. The van der Waals surface area contributed by atoms with Gasteiger partial charge in [0.15, 0.2) is 5.56 Å². The van der Waals surface area contributed by atoms with Gasteiger partial charge in [0.2, 0.25) is 0 Å². The number of aryl methyl sites for hydroxylation is 1. The summed E-state index contributed by atoms with van der Waals surface area (Å²) in [4.78, 5) is 56.7. The summed E-state index contributed by atoms with van der Waals surface area (Å²) in [5.41, 5.74) is 0.253. The van der Waals surface area contributed by atoms with Crippen LogP contribution in [-0.4, -0.2) is 65.4 Å². The maximum Gasteiger partial charge on any atom is 0.345 e. The molecule has 0 aliphatic rings.